The summed E-state index contributed by atoms with van der Waals surface area (Å²) in [6.07, 6.45) is 1.93. The number of rotatable bonds is 4. The minimum absolute atomic E-state index is 0.0784. The molecule has 3 N–H and O–H groups in total. The van der Waals surface area contributed by atoms with E-state index in [1.165, 1.54) is 0 Å². The van der Waals surface area contributed by atoms with Crippen molar-refractivity contribution in [2.45, 2.75) is 26.3 Å². The molecule has 1 atom stereocenters. The molecule has 0 aromatic carbocycles. The highest BCUT2D eigenvalue weighted by molar-refractivity contribution is 9.10. The van der Waals surface area contributed by atoms with Crippen molar-refractivity contribution in [2.24, 2.45) is 11.7 Å². The van der Waals surface area contributed by atoms with Gasteiger partial charge in [0.05, 0.1) is 11.9 Å². The number of nitrogens with two attached hydrogens (primary N) is 1. The van der Waals surface area contributed by atoms with Crippen molar-refractivity contribution in [3.05, 3.63) is 22.9 Å². The van der Waals surface area contributed by atoms with Crippen molar-refractivity contribution in [3.8, 4) is 0 Å². The lowest BCUT2D eigenvalue weighted by molar-refractivity contribution is -0.116. The van der Waals surface area contributed by atoms with E-state index < -0.39 is 0 Å². The average molecular weight is 286 g/mol. The number of amides is 1. The van der Waals surface area contributed by atoms with Crippen LogP contribution in [0.15, 0.2) is 22.9 Å². The largest absolute Gasteiger partial charge is 0.327 e. The lowest BCUT2D eigenvalue weighted by atomic mass is 10.0. The predicted molar refractivity (Wildman–Crippen MR) is 68.0 cm³/mol. The first-order valence-electron chi connectivity index (χ1n) is 5.16. The van der Waals surface area contributed by atoms with Crippen LogP contribution in [0.2, 0.25) is 0 Å². The quantitative estimate of drug-likeness (QED) is 0.833. The van der Waals surface area contributed by atoms with E-state index in [1.54, 1.807) is 18.3 Å². The molecular weight excluding hydrogens is 270 g/mol. The fourth-order valence-corrected chi connectivity index (χ4v) is 1.35. The van der Waals surface area contributed by atoms with E-state index >= 15 is 0 Å². The van der Waals surface area contributed by atoms with Crippen molar-refractivity contribution < 1.29 is 4.79 Å². The minimum Gasteiger partial charge on any atom is -0.327 e. The van der Waals surface area contributed by atoms with Crippen LogP contribution in [0.3, 0.4) is 0 Å². The Bertz CT molecular complexity index is 351. The number of carbonyl (C=O) groups excluding carboxylic acids is 1. The third-order valence-corrected chi connectivity index (χ3v) is 2.76. The van der Waals surface area contributed by atoms with Gasteiger partial charge in [0.15, 0.2) is 0 Å². The van der Waals surface area contributed by atoms with Crippen LogP contribution in [0.25, 0.3) is 0 Å². The van der Waals surface area contributed by atoms with Gasteiger partial charge < -0.3 is 11.1 Å². The zero-order valence-electron chi connectivity index (χ0n) is 9.40. The smallest absolute Gasteiger partial charge is 0.225 e. The van der Waals surface area contributed by atoms with E-state index in [4.69, 9.17) is 5.73 Å². The molecule has 0 aliphatic carbocycles. The van der Waals surface area contributed by atoms with E-state index in [1.807, 2.05) is 13.8 Å². The molecule has 0 saturated carbocycles. The second kappa shape index (κ2) is 5.96. The van der Waals surface area contributed by atoms with Gasteiger partial charge in [0.2, 0.25) is 5.91 Å². The van der Waals surface area contributed by atoms with Gasteiger partial charge in [-0.25, -0.2) is 4.98 Å². The fraction of sp³-hybridized carbons (Fsp3) is 0.455. The van der Waals surface area contributed by atoms with Crippen molar-refractivity contribution >= 4 is 27.5 Å². The molecule has 5 heteroatoms. The Morgan fingerprint density at radius 1 is 1.56 bits per heavy atom. The highest BCUT2D eigenvalue weighted by atomic mass is 79.9. The molecule has 88 valence electrons. The predicted octanol–water partition coefficient (Wildman–Crippen LogP) is 2.16. The zero-order chi connectivity index (χ0) is 12.1. The van der Waals surface area contributed by atoms with Crippen molar-refractivity contribution in [1.82, 2.24) is 4.98 Å². The number of nitrogens with zero attached hydrogens (tertiary/aromatic N) is 1. The van der Waals surface area contributed by atoms with Crippen LogP contribution >= 0.6 is 15.9 Å². The van der Waals surface area contributed by atoms with Crippen molar-refractivity contribution in [2.75, 3.05) is 5.32 Å². The van der Waals surface area contributed by atoms with Crippen LogP contribution in [-0.2, 0) is 4.79 Å². The van der Waals surface area contributed by atoms with Gasteiger partial charge in [-0.05, 0) is 34.0 Å². The summed E-state index contributed by atoms with van der Waals surface area (Å²) < 4.78 is 0.740. The number of pyridine rings is 1. The standard InChI is InChI=1S/C11H16BrN3O/c1-7(2)9(13)5-11(16)15-8-3-4-10(12)14-6-8/h3-4,6-7,9H,5,13H2,1-2H3,(H,15,16). The molecule has 1 aromatic heterocycles. The Labute approximate surface area is 104 Å². The summed E-state index contributed by atoms with van der Waals surface area (Å²) in [5, 5.41) is 2.75. The average Bonchev–Trinajstić information content (AvgIpc) is 2.21. The Morgan fingerprint density at radius 3 is 2.75 bits per heavy atom. The fourth-order valence-electron chi connectivity index (χ4n) is 1.11. The lowest BCUT2D eigenvalue weighted by Gasteiger charge is -2.14. The van der Waals surface area contributed by atoms with E-state index in [0.29, 0.717) is 18.0 Å². The second-order valence-corrected chi connectivity index (χ2v) is 4.84. The Balaban J connectivity index is 2.48. The molecule has 4 nitrogen and oxygen atoms in total. The van der Waals surface area contributed by atoms with Gasteiger partial charge in [-0.3, -0.25) is 4.79 Å². The first-order chi connectivity index (χ1) is 7.49. The summed E-state index contributed by atoms with van der Waals surface area (Å²) in [5.41, 5.74) is 6.50. The van der Waals surface area contributed by atoms with Crippen LogP contribution in [0, 0.1) is 5.92 Å². The summed E-state index contributed by atoms with van der Waals surface area (Å²) in [4.78, 5) is 15.6. The molecule has 1 rings (SSSR count). The molecule has 16 heavy (non-hydrogen) atoms. The number of aromatic nitrogens is 1. The monoisotopic (exact) mass is 285 g/mol. The van der Waals surface area contributed by atoms with Crippen LogP contribution in [0.1, 0.15) is 20.3 Å². The van der Waals surface area contributed by atoms with Gasteiger partial charge in [0, 0.05) is 12.5 Å². The van der Waals surface area contributed by atoms with E-state index in [0.717, 1.165) is 4.60 Å². The molecule has 0 aliphatic heterocycles. The normalized spacial score (nSPS) is 12.6. The Morgan fingerprint density at radius 2 is 2.25 bits per heavy atom. The topological polar surface area (TPSA) is 68.0 Å². The van der Waals surface area contributed by atoms with Gasteiger partial charge in [-0.2, -0.15) is 0 Å². The van der Waals surface area contributed by atoms with Gasteiger partial charge >= 0.3 is 0 Å². The van der Waals surface area contributed by atoms with Gasteiger partial charge in [-0.15, -0.1) is 0 Å². The third-order valence-electron chi connectivity index (χ3n) is 2.29. The first-order valence-corrected chi connectivity index (χ1v) is 5.95. The Kier molecular flexibility index (Phi) is 4.89. The lowest BCUT2D eigenvalue weighted by Crippen LogP contribution is -2.31. The summed E-state index contributed by atoms with van der Waals surface area (Å²) >= 11 is 3.23. The maximum absolute atomic E-state index is 11.6. The first kappa shape index (κ1) is 13.1. The van der Waals surface area contributed by atoms with E-state index in [9.17, 15) is 4.79 Å². The maximum atomic E-state index is 11.6. The highest BCUT2D eigenvalue weighted by Gasteiger charge is 2.12. The van der Waals surface area contributed by atoms with Gasteiger partial charge in [-0.1, -0.05) is 13.8 Å². The van der Waals surface area contributed by atoms with E-state index in [2.05, 4.69) is 26.2 Å². The maximum Gasteiger partial charge on any atom is 0.225 e. The third kappa shape index (κ3) is 4.28. The summed E-state index contributed by atoms with van der Waals surface area (Å²) in [7, 11) is 0. The molecule has 0 spiro atoms. The molecule has 1 unspecified atom stereocenters. The van der Waals surface area contributed by atoms with Gasteiger partial charge in [0.25, 0.3) is 0 Å². The molecule has 0 aliphatic rings. The minimum atomic E-state index is -0.108. The molecule has 1 aromatic rings. The number of nitrogens with one attached hydrogen (secondary N) is 1. The number of carbonyl (C=O) groups is 1. The molecule has 1 heterocycles. The van der Waals surface area contributed by atoms with Crippen molar-refractivity contribution in [1.29, 1.82) is 0 Å². The molecule has 1 amide bonds. The number of hydrogen-bond acceptors (Lipinski definition) is 3. The Hall–Kier alpha value is -0.940. The van der Waals surface area contributed by atoms with Crippen LogP contribution in [0.5, 0.6) is 0 Å². The number of hydrogen-bond donors (Lipinski definition) is 2. The summed E-state index contributed by atoms with van der Waals surface area (Å²) in [6, 6.07) is 3.46. The number of halogens is 1. The molecule has 0 bridgehead atoms. The van der Waals surface area contributed by atoms with Gasteiger partial charge in [0.1, 0.15) is 4.60 Å². The summed E-state index contributed by atoms with van der Waals surface area (Å²) in [6.45, 7) is 4.00. The second-order valence-electron chi connectivity index (χ2n) is 4.03. The zero-order valence-corrected chi connectivity index (χ0v) is 11.0. The van der Waals surface area contributed by atoms with Crippen LogP contribution in [-0.4, -0.2) is 16.9 Å². The van der Waals surface area contributed by atoms with Crippen molar-refractivity contribution in [3.63, 3.8) is 0 Å². The molecule has 0 saturated heterocycles. The summed E-state index contributed by atoms with van der Waals surface area (Å²) in [5.74, 6) is 0.221. The molecule has 0 fully saturated rings. The molecule has 0 radical (unpaired) electrons. The number of anilines is 1. The SMILES string of the molecule is CC(C)C(N)CC(=O)Nc1ccc(Br)nc1. The van der Waals surface area contributed by atoms with Crippen LogP contribution in [0.4, 0.5) is 5.69 Å². The molecular formula is C11H16BrN3O. The van der Waals surface area contributed by atoms with Crippen LogP contribution < -0.4 is 11.1 Å². The highest BCUT2D eigenvalue weighted by Crippen LogP contribution is 2.11. The van der Waals surface area contributed by atoms with E-state index in [-0.39, 0.29) is 11.9 Å².